The molecular weight excluding hydrogens is 263 g/mol. The first-order valence-corrected chi connectivity index (χ1v) is 6.88. The highest BCUT2D eigenvalue weighted by molar-refractivity contribution is 5.43. The summed E-state index contributed by atoms with van der Waals surface area (Å²) in [5.41, 5.74) is 5.80. The minimum Gasteiger partial charge on any atom is -0.391 e. The maximum Gasteiger partial charge on any atom is 0.277 e. The van der Waals surface area contributed by atoms with E-state index in [1.54, 1.807) is 0 Å². The predicted molar refractivity (Wildman–Crippen MR) is 72.6 cm³/mol. The van der Waals surface area contributed by atoms with Crippen molar-refractivity contribution in [2.24, 2.45) is 11.7 Å². The monoisotopic (exact) mass is 282 g/mol. The Balaban J connectivity index is 2.23. The van der Waals surface area contributed by atoms with Gasteiger partial charge in [-0.3, -0.25) is 10.1 Å². The Hall–Kier alpha value is -1.53. The number of aliphatic hydroxyl groups excluding tert-OH is 1. The Labute approximate surface area is 116 Å². The Morgan fingerprint density at radius 2 is 2.00 bits per heavy atom. The predicted octanol–water partition coefficient (Wildman–Crippen LogP) is 2.67. The van der Waals surface area contributed by atoms with Crippen molar-refractivity contribution in [1.82, 2.24) is 0 Å². The zero-order valence-corrected chi connectivity index (χ0v) is 11.2. The fourth-order valence-corrected chi connectivity index (χ4v) is 2.91. The molecule has 1 aromatic rings. The molecule has 0 heterocycles. The van der Waals surface area contributed by atoms with Crippen molar-refractivity contribution in [3.05, 3.63) is 39.7 Å². The summed E-state index contributed by atoms with van der Waals surface area (Å²) in [5, 5.41) is 21.3. The van der Waals surface area contributed by atoms with Crippen molar-refractivity contribution < 1.29 is 14.4 Å². The van der Waals surface area contributed by atoms with E-state index in [4.69, 9.17) is 5.73 Å². The molecular formula is C14H19FN2O3. The maximum absolute atomic E-state index is 13.1. The molecule has 0 saturated heterocycles. The zero-order chi connectivity index (χ0) is 14.7. The number of halogens is 1. The van der Waals surface area contributed by atoms with Gasteiger partial charge in [0.25, 0.3) is 5.69 Å². The van der Waals surface area contributed by atoms with E-state index in [1.165, 1.54) is 6.07 Å². The summed E-state index contributed by atoms with van der Waals surface area (Å²) in [5.74, 6) is -0.622. The van der Waals surface area contributed by atoms with Gasteiger partial charge in [-0.05, 0) is 30.9 Å². The second-order valence-electron chi connectivity index (χ2n) is 5.37. The summed E-state index contributed by atoms with van der Waals surface area (Å²) < 4.78 is 13.1. The van der Waals surface area contributed by atoms with Crippen molar-refractivity contribution in [3.63, 3.8) is 0 Å². The van der Waals surface area contributed by atoms with Gasteiger partial charge in [-0.2, -0.15) is 0 Å². The van der Waals surface area contributed by atoms with E-state index < -0.39 is 22.9 Å². The van der Waals surface area contributed by atoms with E-state index in [-0.39, 0.29) is 17.2 Å². The van der Waals surface area contributed by atoms with Crippen molar-refractivity contribution in [2.45, 2.75) is 44.2 Å². The summed E-state index contributed by atoms with van der Waals surface area (Å²) in [6.07, 6.45) is 4.16. The summed E-state index contributed by atoms with van der Waals surface area (Å²) in [7, 11) is 0. The zero-order valence-electron chi connectivity index (χ0n) is 11.2. The molecule has 1 saturated carbocycles. The van der Waals surface area contributed by atoms with E-state index in [1.807, 2.05) is 0 Å². The fraction of sp³-hybridized carbons (Fsp3) is 0.571. The Bertz CT molecular complexity index is 489. The van der Waals surface area contributed by atoms with Crippen LogP contribution in [0.15, 0.2) is 18.2 Å². The third-order valence-corrected chi connectivity index (χ3v) is 4.05. The molecule has 6 heteroatoms. The highest BCUT2D eigenvalue weighted by atomic mass is 19.1. The van der Waals surface area contributed by atoms with Gasteiger partial charge in [0.2, 0.25) is 0 Å². The van der Waals surface area contributed by atoms with E-state index >= 15 is 0 Å². The van der Waals surface area contributed by atoms with Gasteiger partial charge in [-0.1, -0.05) is 19.3 Å². The molecule has 0 unspecified atom stereocenters. The molecule has 1 aliphatic carbocycles. The largest absolute Gasteiger partial charge is 0.391 e. The number of benzene rings is 1. The summed E-state index contributed by atoms with van der Waals surface area (Å²) in [6, 6.07) is 2.42. The molecule has 1 fully saturated rings. The topological polar surface area (TPSA) is 89.4 Å². The first kappa shape index (κ1) is 14.9. The maximum atomic E-state index is 13.1. The van der Waals surface area contributed by atoms with E-state index in [2.05, 4.69) is 0 Å². The molecule has 2 rings (SSSR count). The van der Waals surface area contributed by atoms with E-state index in [0.29, 0.717) is 0 Å². The van der Waals surface area contributed by atoms with Gasteiger partial charge >= 0.3 is 0 Å². The van der Waals surface area contributed by atoms with Crippen LogP contribution in [0.3, 0.4) is 0 Å². The highest BCUT2D eigenvalue weighted by Crippen LogP contribution is 2.34. The van der Waals surface area contributed by atoms with Crippen LogP contribution in [0.4, 0.5) is 10.1 Å². The lowest BCUT2D eigenvalue weighted by atomic mass is 9.81. The summed E-state index contributed by atoms with van der Waals surface area (Å²) >= 11 is 0. The highest BCUT2D eigenvalue weighted by Gasteiger charge is 2.31. The van der Waals surface area contributed by atoms with Gasteiger partial charge in [0, 0.05) is 5.56 Å². The molecule has 5 nitrogen and oxygen atoms in total. The molecule has 0 spiro atoms. The molecule has 0 radical (unpaired) electrons. The van der Waals surface area contributed by atoms with Gasteiger partial charge in [0.1, 0.15) is 5.82 Å². The van der Waals surface area contributed by atoms with Gasteiger partial charge < -0.3 is 10.8 Å². The molecule has 0 aromatic heterocycles. The van der Waals surface area contributed by atoms with Crippen LogP contribution in [0.5, 0.6) is 0 Å². The van der Waals surface area contributed by atoms with Gasteiger partial charge in [-0.15, -0.1) is 0 Å². The number of nitro benzene ring substituents is 1. The van der Waals surface area contributed by atoms with Crippen LogP contribution < -0.4 is 5.73 Å². The van der Waals surface area contributed by atoms with Crippen LogP contribution in [0.2, 0.25) is 0 Å². The van der Waals surface area contributed by atoms with E-state index in [0.717, 1.165) is 44.2 Å². The van der Waals surface area contributed by atoms with Crippen LogP contribution in [-0.4, -0.2) is 16.1 Å². The Morgan fingerprint density at radius 1 is 1.35 bits per heavy atom. The summed E-state index contributed by atoms with van der Waals surface area (Å²) in [4.78, 5) is 10.3. The lowest BCUT2D eigenvalue weighted by Crippen LogP contribution is -2.34. The number of hydrogen-bond donors (Lipinski definition) is 2. The van der Waals surface area contributed by atoms with Crippen molar-refractivity contribution >= 4 is 5.69 Å². The number of nitro groups is 1. The smallest absolute Gasteiger partial charge is 0.277 e. The lowest BCUT2D eigenvalue weighted by Gasteiger charge is -2.30. The van der Waals surface area contributed by atoms with Gasteiger partial charge in [0.15, 0.2) is 0 Å². The van der Waals surface area contributed by atoms with Crippen molar-refractivity contribution in [1.29, 1.82) is 0 Å². The van der Waals surface area contributed by atoms with Crippen LogP contribution in [0.1, 0.15) is 43.7 Å². The standard InChI is InChI=1S/C14H19FN2O3/c15-10-6-7-11(12(8-10)17(19)20)13(16)14(18)9-4-2-1-3-5-9/h6-9,13-14,18H,1-5,16H2/t13-,14+/m0/s1. The molecule has 20 heavy (non-hydrogen) atoms. The number of nitrogens with two attached hydrogens (primary N) is 1. The van der Waals surface area contributed by atoms with Gasteiger partial charge in [0.05, 0.1) is 23.1 Å². The molecule has 110 valence electrons. The fourth-order valence-electron chi connectivity index (χ4n) is 2.91. The minimum atomic E-state index is -0.862. The minimum absolute atomic E-state index is 0.0587. The molecule has 0 bridgehead atoms. The SMILES string of the molecule is N[C@@H](c1ccc(F)cc1[N+](=O)[O-])[C@H](O)C1CCCCC1. The normalized spacial score (nSPS) is 19.6. The molecule has 3 N–H and O–H groups in total. The van der Waals surface area contributed by atoms with Crippen LogP contribution in [-0.2, 0) is 0 Å². The second kappa shape index (κ2) is 6.28. The van der Waals surface area contributed by atoms with E-state index in [9.17, 15) is 19.6 Å². The van der Waals surface area contributed by atoms with Gasteiger partial charge in [-0.25, -0.2) is 4.39 Å². The molecule has 1 aliphatic rings. The average molecular weight is 282 g/mol. The first-order valence-electron chi connectivity index (χ1n) is 6.88. The average Bonchev–Trinajstić information content (AvgIpc) is 2.46. The Kier molecular flexibility index (Phi) is 4.67. The number of aliphatic hydroxyl groups is 1. The van der Waals surface area contributed by atoms with Crippen molar-refractivity contribution in [2.75, 3.05) is 0 Å². The van der Waals surface area contributed by atoms with Crippen LogP contribution >= 0.6 is 0 Å². The third-order valence-electron chi connectivity index (χ3n) is 4.05. The summed E-state index contributed by atoms with van der Waals surface area (Å²) in [6.45, 7) is 0. The third kappa shape index (κ3) is 3.13. The first-order chi connectivity index (χ1) is 9.50. The second-order valence-corrected chi connectivity index (χ2v) is 5.37. The molecule has 1 aromatic carbocycles. The lowest BCUT2D eigenvalue weighted by molar-refractivity contribution is -0.386. The van der Waals surface area contributed by atoms with Crippen LogP contribution in [0.25, 0.3) is 0 Å². The molecule has 0 amide bonds. The Morgan fingerprint density at radius 3 is 2.60 bits per heavy atom. The number of hydrogen-bond acceptors (Lipinski definition) is 4. The van der Waals surface area contributed by atoms with Crippen molar-refractivity contribution in [3.8, 4) is 0 Å². The number of nitrogens with zero attached hydrogens (tertiary/aromatic N) is 1. The van der Waals surface area contributed by atoms with Crippen LogP contribution in [0, 0.1) is 21.8 Å². The molecule has 0 aliphatic heterocycles. The number of rotatable bonds is 4. The molecule has 2 atom stereocenters. The quantitative estimate of drug-likeness (QED) is 0.656.